The van der Waals surface area contributed by atoms with Crippen molar-refractivity contribution in [3.63, 3.8) is 0 Å². The van der Waals surface area contributed by atoms with Crippen LogP contribution in [0.25, 0.3) is 0 Å². The molecular formula is C8H20N2O. The molecule has 0 aliphatic heterocycles. The predicted molar refractivity (Wildman–Crippen MR) is 47.4 cm³/mol. The monoisotopic (exact) mass is 160 g/mol. The first-order valence-electron chi connectivity index (χ1n) is 4.20. The van der Waals surface area contributed by atoms with Gasteiger partial charge in [-0.05, 0) is 25.9 Å². The van der Waals surface area contributed by atoms with E-state index < -0.39 is 0 Å². The van der Waals surface area contributed by atoms with Gasteiger partial charge < -0.3 is 15.7 Å². The van der Waals surface area contributed by atoms with Crippen LogP contribution in [0.4, 0.5) is 0 Å². The van der Waals surface area contributed by atoms with Gasteiger partial charge in [0.15, 0.2) is 0 Å². The highest BCUT2D eigenvalue weighted by Crippen LogP contribution is 1.95. The molecule has 0 saturated heterocycles. The smallest absolute Gasteiger partial charge is 0.0443 e. The van der Waals surface area contributed by atoms with Crippen molar-refractivity contribution in [2.24, 2.45) is 11.7 Å². The standard InChI is InChI=1S/C8H20N2O/c1-8(6-9)7-10(2)4-3-5-11/h8,11H,3-7,9H2,1-2H3. The van der Waals surface area contributed by atoms with Gasteiger partial charge in [-0.2, -0.15) is 0 Å². The normalized spacial score (nSPS) is 13.9. The average Bonchev–Trinajstić information content (AvgIpc) is 2.00. The fourth-order valence-corrected chi connectivity index (χ4v) is 1.04. The summed E-state index contributed by atoms with van der Waals surface area (Å²) in [5.41, 5.74) is 5.47. The zero-order valence-corrected chi connectivity index (χ0v) is 7.58. The van der Waals surface area contributed by atoms with Gasteiger partial charge in [0.2, 0.25) is 0 Å². The molecule has 3 N–H and O–H groups in total. The van der Waals surface area contributed by atoms with Gasteiger partial charge in [-0.15, -0.1) is 0 Å². The van der Waals surface area contributed by atoms with Crippen LogP contribution in [-0.2, 0) is 0 Å². The van der Waals surface area contributed by atoms with Crippen LogP contribution >= 0.6 is 0 Å². The van der Waals surface area contributed by atoms with Crippen molar-refractivity contribution in [1.29, 1.82) is 0 Å². The summed E-state index contributed by atoms with van der Waals surface area (Å²) in [5, 5.41) is 8.56. The molecule has 0 spiro atoms. The Labute approximate surface area is 69.2 Å². The summed E-state index contributed by atoms with van der Waals surface area (Å²) >= 11 is 0. The maximum Gasteiger partial charge on any atom is 0.0443 e. The van der Waals surface area contributed by atoms with Gasteiger partial charge in [0.05, 0.1) is 0 Å². The molecule has 0 aromatic heterocycles. The Morgan fingerprint density at radius 2 is 2.18 bits per heavy atom. The fraction of sp³-hybridized carbons (Fsp3) is 1.00. The number of nitrogens with zero attached hydrogens (tertiary/aromatic N) is 1. The van der Waals surface area contributed by atoms with Crippen LogP contribution in [0.5, 0.6) is 0 Å². The van der Waals surface area contributed by atoms with E-state index in [1.165, 1.54) is 0 Å². The molecule has 3 heteroatoms. The van der Waals surface area contributed by atoms with Gasteiger partial charge >= 0.3 is 0 Å². The number of hydrogen-bond acceptors (Lipinski definition) is 3. The Bertz CT molecular complexity index is 88.2. The van der Waals surface area contributed by atoms with Crippen molar-refractivity contribution in [3.05, 3.63) is 0 Å². The molecule has 0 aliphatic carbocycles. The van der Waals surface area contributed by atoms with Crippen molar-refractivity contribution in [3.8, 4) is 0 Å². The Morgan fingerprint density at radius 3 is 2.64 bits per heavy atom. The Hall–Kier alpha value is -0.120. The Kier molecular flexibility index (Phi) is 6.51. The second-order valence-corrected chi connectivity index (χ2v) is 3.18. The molecule has 0 fully saturated rings. The van der Waals surface area contributed by atoms with E-state index >= 15 is 0 Å². The molecule has 1 unspecified atom stereocenters. The lowest BCUT2D eigenvalue weighted by atomic mass is 10.2. The first-order chi connectivity index (χ1) is 5.20. The maximum absolute atomic E-state index is 8.56. The van der Waals surface area contributed by atoms with Crippen LogP contribution in [-0.4, -0.2) is 43.3 Å². The largest absolute Gasteiger partial charge is 0.396 e. The second kappa shape index (κ2) is 6.58. The highest BCUT2D eigenvalue weighted by molar-refractivity contribution is 4.58. The topological polar surface area (TPSA) is 49.5 Å². The molecule has 0 aromatic carbocycles. The van der Waals surface area contributed by atoms with Gasteiger partial charge in [-0.25, -0.2) is 0 Å². The molecule has 0 rings (SSSR count). The second-order valence-electron chi connectivity index (χ2n) is 3.18. The SMILES string of the molecule is CC(CN)CN(C)CCCO. The Morgan fingerprint density at radius 1 is 1.55 bits per heavy atom. The highest BCUT2D eigenvalue weighted by atomic mass is 16.3. The summed E-state index contributed by atoms with van der Waals surface area (Å²) in [6.07, 6.45) is 0.855. The number of aliphatic hydroxyl groups excluding tert-OH is 1. The molecule has 0 heterocycles. The van der Waals surface area contributed by atoms with Crippen molar-refractivity contribution < 1.29 is 5.11 Å². The molecule has 0 bridgehead atoms. The average molecular weight is 160 g/mol. The van der Waals surface area contributed by atoms with Gasteiger partial charge in [0.1, 0.15) is 0 Å². The molecule has 1 atom stereocenters. The molecule has 3 nitrogen and oxygen atoms in total. The van der Waals surface area contributed by atoms with E-state index in [0.29, 0.717) is 5.92 Å². The summed E-state index contributed by atoms with van der Waals surface area (Å²) in [4.78, 5) is 2.20. The summed E-state index contributed by atoms with van der Waals surface area (Å²) in [7, 11) is 2.06. The lowest BCUT2D eigenvalue weighted by Crippen LogP contribution is -2.29. The number of nitrogens with two attached hydrogens (primary N) is 1. The van der Waals surface area contributed by atoms with Crippen LogP contribution in [0.15, 0.2) is 0 Å². The van der Waals surface area contributed by atoms with Crippen LogP contribution in [0.1, 0.15) is 13.3 Å². The maximum atomic E-state index is 8.56. The third-order valence-corrected chi connectivity index (χ3v) is 1.72. The van der Waals surface area contributed by atoms with Crippen LogP contribution in [0.3, 0.4) is 0 Å². The molecule has 0 aliphatic rings. The lowest BCUT2D eigenvalue weighted by molar-refractivity contribution is 0.233. The number of rotatable bonds is 6. The summed E-state index contributed by atoms with van der Waals surface area (Å²) in [6, 6.07) is 0. The zero-order chi connectivity index (χ0) is 8.69. The van der Waals surface area contributed by atoms with E-state index in [9.17, 15) is 0 Å². The fourth-order valence-electron chi connectivity index (χ4n) is 1.04. The molecular weight excluding hydrogens is 140 g/mol. The van der Waals surface area contributed by atoms with Crippen molar-refractivity contribution in [2.45, 2.75) is 13.3 Å². The number of hydrogen-bond donors (Lipinski definition) is 2. The van der Waals surface area contributed by atoms with Crippen LogP contribution in [0, 0.1) is 5.92 Å². The van der Waals surface area contributed by atoms with Gasteiger partial charge in [-0.3, -0.25) is 0 Å². The van der Waals surface area contributed by atoms with E-state index in [-0.39, 0.29) is 6.61 Å². The molecule has 0 saturated carbocycles. The molecule has 68 valence electrons. The van der Waals surface area contributed by atoms with Gasteiger partial charge in [0, 0.05) is 19.7 Å². The van der Waals surface area contributed by atoms with Crippen LogP contribution in [0.2, 0.25) is 0 Å². The summed E-state index contributed by atoms with van der Waals surface area (Å²) < 4.78 is 0. The number of aliphatic hydroxyl groups is 1. The summed E-state index contributed by atoms with van der Waals surface area (Å²) in [5.74, 6) is 0.554. The van der Waals surface area contributed by atoms with E-state index in [0.717, 1.165) is 26.1 Å². The quantitative estimate of drug-likeness (QED) is 0.570. The minimum Gasteiger partial charge on any atom is -0.396 e. The molecule has 0 radical (unpaired) electrons. The third-order valence-electron chi connectivity index (χ3n) is 1.72. The van der Waals surface area contributed by atoms with Gasteiger partial charge in [-0.1, -0.05) is 6.92 Å². The zero-order valence-electron chi connectivity index (χ0n) is 7.58. The van der Waals surface area contributed by atoms with Crippen molar-refractivity contribution in [2.75, 3.05) is 33.3 Å². The Balaban J connectivity index is 3.27. The molecule has 0 amide bonds. The van der Waals surface area contributed by atoms with Gasteiger partial charge in [0.25, 0.3) is 0 Å². The molecule has 0 aromatic rings. The van der Waals surface area contributed by atoms with Crippen LogP contribution < -0.4 is 5.73 Å². The predicted octanol–water partition coefficient (Wildman–Crippen LogP) is -0.105. The van der Waals surface area contributed by atoms with Crippen molar-refractivity contribution >= 4 is 0 Å². The first kappa shape index (κ1) is 10.9. The van der Waals surface area contributed by atoms with Crippen molar-refractivity contribution in [1.82, 2.24) is 4.90 Å². The van der Waals surface area contributed by atoms with E-state index in [1.807, 2.05) is 0 Å². The third kappa shape index (κ3) is 6.28. The lowest BCUT2D eigenvalue weighted by Gasteiger charge is -2.19. The molecule has 11 heavy (non-hydrogen) atoms. The van der Waals surface area contributed by atoms with E-state index in [4.69, 9.17) is 10.8 Å². The van der Waals surface area contributed by atoms with E-state index in [1.54, 1.807) is 0 Å². The first-order valence-corrected chi connectivity index (χ1v) is 4.20. The minimum absolute atomic E-state index is 0.279. The highest BCUT2D eigenvalue weighted by Gasteiger charge is 2.02. The van der Waals surface area contributed by atoms with E-state index in [2.05, 4.69) is 18.9 Å². The summed E-state index contributed by atoms with van der Waals surface area (Å²) in [6.45, 7) is 5.14. The minimum atomic E-state index is 0.279.